The van der Waals surface area contributed by atoms with Gasteiger partial charge >= 0.3 is 0 Å². The van der Waals surface area contributed by atoms with Crippen LogP contribution >= 0.6 is 7.14 Å². The first-order valence-corrected chi connectivity index (χ1v) is 9.06. The average Bonchev–Trinajstić information content (AvgIpc) is 2.15. The lowest BCUT2D eigenvalue weighted by Crippen LogP contribution is -2.18. The van der Waals surface area contributed by atoms with Crippen LogP contribution in [0.25, 0.3) is 0 Å². The van der Waals surface area contributed by atoms with Crippen LogP contribution in [0.15, 0.2) is 0 Å². The van der Waals surface area contributed by atoms with Crippen molar-refractivity contribution in [3.8, 4) is 0 Å². The summed E-state index contributed by atoms with van der Waals surface area (Å²) in [5, 5.41) is 0. The molecule has 0 radical (unpaired) electrons. The van der Waals surface area contributed by atoms with Crippen molar-refractivity contribution in [3.05, 3.63) is 0 Å². The Morgan fingerprint density at radius 2 is 1.56 bits per heavy atom. The molecule has 0 aromatic carbocycles. The van der Waals surface area contributed by atoms with E-state index in [0.717, 1.165) is 18.7 Å². The second kappa shape index (κ2) is 7.54. The van der Waals surface area contributed by atoms with E-state index in [1.54, 1.807) is 0 Å². The van der Waals surface area contributed by atoms with Crippen LogP contribution in [0, 0.1) is 11.8 Å². The summed E-state index contributed by atoms with van der Waals surface area (Å²) in [7, 11) is -1.95. The van der Waals surface area contributed by atoms with Crippen LogP contribution in [-0.4, -0.2) is 18.0 Å². The van der Waals surface area contributed by atoms with Crippen molar-refractivity contribution >= 4 is 7.14 Å². The van der Waals surface area contributed by atoms with Gasteiger partial charge in [0.2, 0.25) is 0 Å². The summed E-state index contributed by atoms with van der Waals surface area (Å²) in [5.41, 5.74) is 0.395. The molecule has 2 unspecified atom stereocenters. The fourth-order valence-corrected chi connectivity index (χ4v) is 6.26. The first kappa shape index (κ1) is 16.2. The van der Waals surface area contributed by atoms with Crippen LogP contribution in [-0.2, 0) is 4.57 Å². The Morgan fingerprint density at radius 1 is 1.00 bits per heavy atom. The van der Waals surface area contributed by atoms with Crippen molar-refractivity contribution in [1.82, 2.24) is 0 Å². The molecule has 0 bridgehead atoms. The molecule has 0 aliphatic rings. The van der Waals surface area contributed by atoms with Crippen LogP contribution in [0.1, 0.15) is 60.8 Å². The Morgan fingerprint density at radius 3 is 1.94 bits per heavy atom. The first-order valence-electron chi connectivity index (χ1n) is 6.91. The first-order chi connectivity index (χ1) is 7.33. The van der Waals surface area contributed by atoms with Crippen molar-refractivity contribution < 1.29 is 4.57 Å². The molecule has 0 spiro atoms. The van der Waals surface area contributed by atoms with Gasteiger partial charge in [0.15, 0.2) is 0 Å². The van der Waals surface area contributed by atoms with Gasteiger partial charge in [0.25, 0.3) is 0 Å². The molecule has 98 valence electrons. The Hall–Kier alpha value is 0.230. The molecule has 0 N–H and O–H groups in total. The second-order valence-corrected chi connectivity index (χ2v) is 9.48. The molecule has 2 atom stereocenters. The van der Waals surface area contributed by atoms with E-state index in [-0.39, 0.29) is 0 Å². The van der Waals surface area contributed by atoms with Gasteiger partial charge in [0.1, 0.15) is 0 Å². The van der Waals surface area contributed by atoms with Crippen LogP contribution in [0.4, 0.5) is 0 Å². The zero-order valence-electron chi connectivity index (χ0n) is 12.1. The lowest BCUT2D eigenvalue weighted by Gasteiger charge is -2.29. The smallest absolute Gasteiger partial charge is 0.0909 e. The number of rotatable bonds is 8. The summed E-state index contributed by atoms with van der Waals surface area (Å²) in [6.45, 7) is 13.2. The minimum atomic E-state index is -1.95. The molecule has 0 aliphatic carbocycles. The molecule has 0 aliphatic heterocycles. The maximum absolute atomic E-state index is 13.0. The monoisotopic (exact) mass is 246 g/mol. The Balaban J connectivity index is 4.54. The molecule has 0 fully saturated rings. The molecule has 2 heteroatoms. The van der Waals surface area contributed by atoms with E-state index < -0.39 is 7.14 Å². The topological polar surface area (TPSA) is 17.1 Å². The fraction of sp³-hybridized carbons (Fsp3) is 1.00. The standard InChI is InChI=1S/C14H31OP/c1-7-8-9-10-16(15,11-12(2)3)14(6)13(4)5/h12-14H,7-11H2,1-6H3. The zero-order valence-corrected chi connectivity index (χ0v) is 13.0. The summed E-state index contributed by atoms with van der Waals surface area (Å²) in [4.78, 5) is 0. The van der Waals surface area contributed by atoms with Crippen LogP contribution in [0.3, 0.4) is 0 Å². The third-order valence-electron chi connectivity index (χ3n) is 3.52. The Kier molecular flexibility index (Phi) is 7.64. The summed E-state index contributed by atoms with van der Waals surface area (Å²) in [6.07, 6.45) is 5.51. The third kappa shape index (κ3) is 5.53. The third-order valence-corrected chi connectivity index (χ3v) is 8.02. The minimum absolute atomic E-state index is 0.395. The normalized spacial score (nSPS) is 17.8. The predicted octanol–water partition coefficient (Wildman–Crippen LogP) is 5.24. The van der Waals surface area contributed by atoms with Crippen molar-refractivity contribution in [2.45, 2.75) is 66.5 Å². The molecular formula is C14H31OP. The Bertz CT molecular complexity index is 221. The fourth-order valence-electron chi connectivity index (χ4n) is 2.25. The second-order valence-electron chi connectivity index (χ2n) is 5.94. The quantitative estimate of drug-likeness (QED) is 0.423. The molecule has 0 saturated carbocycles. The van der Waals surface area contributed by atoms with Gasteiger partial charge < -0.3 is 4.57 Å². The van der Waals surface area contributed by atoms with Gasteiger partial charge in [-0.25, -0.2) is 0 Å². The predicted molar refractivity (Wildman–Crippen MR) is 76.0 cm³/mol. The lowest BCUT2D eigenvalue weighted by molar-refractivity contribution is 0.525. The van der Waals surface area contributed by atoms with Gasteiger partial charge in [-0.2, -0.15) is 0 Å². The van der Waals surface area contributed by atoms with Crippen molar-refractivity contribution in [2.75, 3.05) is 12.3 Å². The highest BCUT2D eigenvalue weighted by Crippen LogP contribution is 2.55. The van der Waals surface area contributed by atoms with Gasteiger partial charge in [-0.1, -0.05) is 54.4 Å². The van der Waals surface area contributed by atoms with Crippen LogP contribution in [0.2, 0.25) is 0 Å². The molecule has 0 amide bonds. The van der Waals surface area contributed by atoms with E-state index in [4.69, 9.17) is 0 Å². The molecule has 0 aromatic rings. The molecule has 1 nitrogen and oxygen atoms in total. The number of hydrogen-bond acceptors (Lipinski definition) is 1. The molecule has 0 aromatic heterocycles. The SMILES string of the molecule is CCCCCP(=O)(CC(C)C)C(C)C(C)C. The van der Waals surface area contributed by atoms with E-state index in [9.17, 15) is 4.57 Å². The van der Waals surface area contributed by atoms with Gasteiger partial charge in [0, 0.05) is 18.0 Å². The highest BCUT2D eigenvalue weighted by Gasteiger charge is 2.31. The van der Waals surface area contributed by atoms with Gasteiger partial charge in [-0.15, -0.1) is 0 Å². The summed E-state index contributed by atoms with van der Waals surface area (Å²) < 4.78 is 13.0. The Labute approximate surface area is 103 Å². The minimum Gasteiger partial charge on any atom is -0.323 e. The van der Waals surface area contributed by atoms with E-state index in [1.807, 2.05) is 0 Å². The highest BCUT2D eigenvalue weighted by atomic mass is 31.2. The average molecular weight is 246 g/mol. The molecular weight excluding hydrogens is 215 g/mol. The van der Waals surface area contributed by atoms with Crippen LogP contribution in [0.5, 0.6) is 0 Å². The van der Waals surface area contributed by atoms with E-state index >= 15 is 0 Å². The lowest BCUT2D eigenvalue weighted by atomic mass is 10.1. The van der Waals surface area contributed by atoms with Crippen molar-refractivity contribution in [2.24, 2.45) is 11.8 Å². The zero-order chi connectivity index (χ0) is 12.8. The van der Waals surface area contributed by atoms with E-state index in [1.165, 1.54) is 12.8 Å². The summed E-state index contributed by atoms with van der Waals surface area (Å²) >= 11 is 0. The van der Waals surface area contributed by atoms with Gasteiger partial charge in [-0.3, -0.25) is 0 Å². The number of hydrogen-bond donors (Lipinski definition) is 0. The van der Waals surface area contributed by atoms with Crippen molar-refractivity contribution in [1.29, 1.82) is 0 Å². The molecule has 0 rings (SSSR count). The van der Waals surface area contributed by atoms with E-state index in [2.05, 4.69) is 41.5 Å². The van der Waals surface area contributed by atoms with Crippen molar-refractivity contribution in [3.63, 3.8) is 0 Å². The summed E-state index contributed by atoms with van der Waals surface area (Å²) in [5.74, 6) is 1.11. The largest absolute Gasteiger partial charge is 0.323 e. The molecule has 16 heavy (non-hydrogen) atoms. The highest BCUT2D eigenvalue weighted by molar-refractivity contribution is 7.64. The number of unbranched alkanes of at least 4 members (excludes halogenated alkanes) is 2. The van der Waals surface area contributed by atoms with Crippen LogP contribution < -0.4 is 0 Å². The maximum Gasteiger partial charge on any atom is 0.0909 e. The molecule has 0 heterocycles. The van der Waals surface area contributed by atoms with E-state index in [0.29, 0.717) is 17.5 Å². The maximum atomic E-state index is 13.0. The van der Waals surface area contributed by atoms with Gasteiger partial charge in [-0.05, 0) is 18.3 Å². The summed E-state index contributed by atoms with van der Waals surface area (Å²) in [6, 6.07) is 0. The molecule has 0 saturated heterocycles. The van der Waals surface area contributed by atoms with Gasteiger partial charge in [0.05, 0.1) is 7.14 Å².